The molecule has 2 amide bonds. The van der Waals surface area contributed by atoms with Crippen LogP contribution in [0.3, 0.4) is 0 Å². The molecule has 6 rings (SSSR count). The van der Waals surface area contributed by atoms with Crippen LogP contribution in [0.5, 0.6) is 11.5 Å². The average molecular weight is 566 g/mol. The molecule has 4 aromatic rings. The summed E-state index contributed by atoms with van der Waals surface area (Å²) < 4.78 is 11.1. The number of nitrogens with zero attached hydrogens (tertiary/aromatic N) is 3. The quantitative estimate of drug-likeness (QED) is 0.101. The maximum Gasteiger partial charge on any atom is 0.343 e. The van der Waals surface area contributed by atoms with E-state index in [1.165, 1.54) is 36.4 Å². The van der Waals surface area contributed by atoms with Crippen molar-refractivity contribution < 1.29 is 33.6 Å². The fraction of sp³-hybridized carbons (Fsp3) is 0.129. The molecule has 2 aliphatic rings. The van der Waals surface area contributed by atoms with Crippen molar-refractivity contribution in [2.75, 3.05) is 17.1 Å². The number of hydroxylamine groups is 1. The van der Waals surface area contributed by atoms with Gasteiger partial charge in [-0.3, -0.25) is 24.5 Å². The number of nitro benzene ring substituents is 1. The minimum Gasteiger partial charge on any atom is -0.493 e. The topological polar surface area (TPSA) is 129 Å². The number of non-ortho nitro benzene ring substituents is 1. The number of esters is 1. The van der Waals surface area contributed by atoms with Crippen LogP contribution in [0.1, 0.15) is 22.0 Å². The summed E-state index contributed by atoms with van der Waals surface area (Å²) in [7, 11) is 1.41. The summed E-state index contributed by atoms with van der Waals surface area (Å²) in [4.78, 5) is 58.2. The number of benzene rings is 4. The molecule has 0 N–H and O–H groups in total. The Bertz CT molecular complexity index is 1700. The lowest BCUT2D eigenvalue weighted by Crippen LogP contribution is -2.37. The Balaban J connectivity index is 1.41. The molecule has 11 heteroatoms. The van der Waals surface area contributed by atoms with E-state index >= 15 is 0 Å². The lowest BCUT2D eigenvalue weighted by molar-refractivity contribution is -0.384. The summed E-state index contributed by atoms with van der Waals surface area (Å²) in [6.45, 7) is 0. The van der Waals surface area contributed by atoms with E-state index < -0.39 is 40.8 Å². The Morgan fingerprint density at radius 3 is 2.21 bits per heavy atom. The van der Waals surface area contributed by atoms with Gasteiger partial charge in [0.05, 0.1) is 35.0 Å². The molecule has 4 aromatic carbocycles. The minimum absolute atomic E-state index is 0.146. The number of rotatable bonds is 7. The smallest absolute Gasteiger partial charge is 0.343 e. The Labute approximate surface area is 239 Å². The third-order valence-corrected chi connectivity index (χ3v) is 7.17. The van der Waals surface area contributed by atoms with E-state index in [-0.39, 0.29) is 22.9 Å². The number of imide groups is 1. The number of hydrogen-bond donors (Lipinski definition) is 0. The van der Waals surface area contributed by atoms with E-state index in [2.05, 4.69) is 0 Å². The molecule has 0 spiro atoms. The first-order chi connectivity index (χ1) is 20.4. The highest BCUT2D eigenvalue weighted by atomic mass is 16.7. The molecule has 0 aromatic heterocycles. The second-order valence-electron chi connectivity index (χ2n) is 9.61. The van der Waals surface area contributed by atoms with Gasteiger partial charge in [0.2, 0.25) is 5.91 Å². The van der Waals surface area contributed by atoms with Gasteiger partial charge >= 0.3 is 5.97 Å². The van der Waals surface area contributed by atoms with Crippen molar-refractivity contribution in [3.8, 4) is 11.5 Å². The summed E-state index contributed by atoms with van der Waals surface area (Å²) >= 11 is 0. The Morgan fingerprint density at radius 1 is 0.833 bits per heavy atom. The van der Waals surface area contributed by atoms with Gasteiger partial charge in [0.25, 0.3) is 11.6 Å². The molecule has 0 bridgehead atoms. The number of nitro groups is 1. The average Bonchev–Trinajstić information content (AvgIpc) is 3.53. The number of para-hydroxylation sites is 1. The van der Waals surface area contributed by atoms with Crippen molar-refractivity contribution in [2.45, 2.75) is 12.1 Å². The zero-order valence-electron chi connectivity index (χ0n) is 22.2. The molecule has 3 unspecified atom stereocenters. The van der Waals surface area contributed by atoms with Crippen molar-refractivity contribution >= 4 is 34.8 Å². The maximum atomic E-state index is 13.8. The molecule has 2 fully saturated rings. The summed E-state index contributed by atoms with van der Waals surface area (Å²) in [6.07, 6.45) is -1.18. The fourth-order valence-corrected chi connectivity index (χ4v) is 5.24. The van der Waals surface area contributed by atoms with Crippen LogP contribution in [0, 0.1) is 16.0 Å². The third kappa shape index (κ3) is 4.61. The van der Waals surface area contributed by atoms with Crippen LogP contribution in [0.4, 0.5) is 17.1 Å². The van der Waals surface area contributed by atoms with Gasteiger partial charge in [-0.05, 0) is 48.0 Å². The van der Waals surface area contributed by atoms with Gasteiger partial charge < -0.3 is 9.47 Å². The lowest BCUT2D eigenvalue weighted by atomic mass is 9.90. The Hall–Kier alpha value is -5.55. The molecular weight excluding hydrogens is 542 g/mol. The number of anilines is 2. The highest BCUT2D eigenvalue weighted by molar-refractivity contribution is 6.23. The van der Waals surface area contributed by atoms with Crippen molar-refractivity contribution in [2.24, 2.45) is 5.92 Å². The number of fused-ring (bicyclic) bond motifs is 1. The van der Waals surface area contributed by atoms with E-state index in [0.717, 1.165) is 4.90 Å². The number of ether oxygens (including phenoxy) is 2. The SMILES string of the molecule is COc1cc(C2C3C(=O)N(c4ccccc4)C(=O)C3ON2c2cccc([N+](=O)[O-])c2)ccc1OC(=O)c1ccccc1. The first-order valence-electron chi connectivity index (χ1n) is 13.0. The Morgan fingerprint density at radius 2 is 1.52 bits per heavy atom. The van der Waals surface area contributed by atoms with Gasteiger partial charge in [-0.2, -0.15) is 0 Å². The predicted octanol–water partition coefficient (Wildman–Crippen LogP) is 4.87. The van der Waals surface area contributed by atoms with Crippen molar-refractivity contribution in [1.82, 2.24) is 0 Å². The van der Waals surface area contributed by atoms with Gasteiger partial charge in [-0.1, -0.05) is 48.5 Å². The number of hydrogen-bond acceptors (Lipinski definition) is 9. The van der Waals surface area contributed by atoms with Crippen LogP contribution in [0.2, 0.25) is 0 Å². The molecule has 2 saturated heterocycles. The van der Waals surface area contributed by atoms with E-state index in [9.17, 15) is 24.5 Å². The van der Waals surface area contributed by atoms with E-state index in [4.69, 9.17) is 14.3 Å². The summed E-state index contributed by atoms with van der Waals surface area (Å²) in [5, 5.41) is 12.9. The fourth-order valence-electron chi connectivity index (χ4n) is 5.24. The van der Waals surface area contributed by atoms with Crippen LogP contribution in [0.25, 0.3) is 0 Å². The Kier molecular flexibility index (Phi) is 6.85. The predicted molar refractivity (Wildman–Crippen MR) is 150 cm³/mol. The molecule has 0 saturated carbocycles. The number of carbonyl (C=O) groups is 3. The third-order valence-electron chi connectivity index (χ3n) is 7.17. The molecule has 0 radical (unpaired) electrons. The van der Waals surface area contributed by atoms with Crippen LogP contribution in [-0.2, 0) is 14.4 Å². The zero-order valence-corrected chi connectivity index (χ0v) is 22.2. The summed E-state index contributed by atoms with van der Waals surface area (Å²) in [6, 6.07) is 26.6. The minimum atomic E-state index is -1.18. The van der Waals surface area contributed by atoms with Gasteiger partial charge in [-0.15, -0.1) is 0 Å². The molecule has 210 valence electrons. The van der Waals surface area contributed by atoms with Crippen LogP contribution in [0.15, 0.2) is 103 Å². The molecular formula is C31H23N3O8. The molecule has 42 heavy (non-hydrogen) atoms. The van der Waals surface area contributed by atoms with Crippen LogP contribution in [-0.4, -0.2) is 35.9 Å². The van der Waals surface area contributed by atoms with Crippen molar-refractivity contribution in [3.05, 3.63) is 124 Å². The second kappa shape index (κ2) is 10.8. The normalized spacial score (nSPS) is 19.5. The monoisotopic (exact) mass is 565 g/mol. The molecule has 11 nitrogen and oxygen atoms in total. The standard InChI is InChI=1S/C31H23N3O8/c1-40-25-17-20(15-16-24(25)41-31(37)19-9-4-2-5-10-19)27-26-28(30(36)32(29(26)35)21-11-6-3-7-12-21)42-33(27)22-13-8-14-23(18-22)34(38)39/h2-18,26-28H,1H3. The molecule has 3 atom stereocenters. The van der Waals surface area contributed by atoms with Gasteiger partial charge in [0, 0.05) is 12.1 Å². The van der Waals surface area contributed by atoms with E-state index in [0.29, 0.717) is 16.8 Å². The van der Waals surface area contributed by atoms with Gasteiger partial charge in [-0.25, -0.2) is 14.8 Å². The van der Waals surface area contributed by atoms with Crippen LogP contribution < -0.4 is 19.4 Å². The number of carbonyl (C=O) groups excluding carboxylic acids is 3. The first-order valence-corrected chi connectivity index (χ1v) is 13.0. The highest BCUT2D eigenvalue weighted by Crippen LogP contribution is 2.49. The van der Waals surface area contributed by atoms with Crippen molar-refractivity contribution in [1.29, 1.82) is 0 Å². The zero-order chi connectivity index (χ0) is 29.4. The summed E-state index contributed by atoms with van der Waals surface area (Å²) in [5.74, 6) is -2.25. The largest absolute Gasteiger partial charge is 0.493 e. The second-order valence-corrected chi connectivity index (χ2v) is 9.61. The van der Waals surface area contributed by atoms with Crippen LogP contribution >= 0.6 is 0 Å². The van der Waals surface area contributed by atoms with Crippen molar-refractivity contribution in [3.63, 3.8) is 0 Å². The molecule has 2 aliphatic heterocycles. The molecule has 2 heterocycles. The highest BCUT2D eigenvalue weighted by Gasteiger charge is 2.60. The maximum absolute atomic E-state index is 13.8. The lowest BCUT2D eigenvalue weighted by Gasteiger charge is -2.29. The van der Waals surface area contributed by atoms with Gasteiger partial charge in [0.15, 0.2) is 17.6 Å². The first kappa shape index (κ1) is 26.7. The van der Waals surface area contributed by atoms with E-state index in [1.807, 2.05) is 0 Å². The number of amides is 2. The summed E-state index contributed by atoms with van der Waals surface area (Å²) in [5.41, 5.74) is 1.36. The molecule has 0 aliphatic carbocycles. The number of methoxy groups -OCH3 is 1. The van der Waals surface area contributed by atoms with Gasteiger partial charge in [0.1, 0.15) is 5.92 Å². The van der Waals surface area contributed by atoms with E-state index in [1.54, 1.807) is 78.9 Å².